The minimum absolute atomic E-state index is 0.0803. The van der Waals surface area contributed by atoms with Crippen LogP contribution in [-0.4, -0.2) is 22.0 Å². The first-order valence-electron chi connectivity index (χ1n) is 6.17. The van der Waals surface area contributed by atoms with Crippen molar-refractivity contribution in [3.05, 3.63) is 41.0 Å². The van der Waals surface area contributed by atoms with Crippen LogP contribution >= 0.6 is 11.6 Å². The molecule has 0 unspecified atom stereocenters. The zero-order valence-electron chi connectivity index (χ0n) is 11.4. The number of urea groups is 1. The highest BCUT2D eigenvalue weighted by molar-refractivity contribution is 6.33. The molecule has 1 aromatic heterocycles. The van der Waals surface area contributed by atoms with Crippen molar-refractivity contribution in [1.82, 2.24) is 9.78 Å². The summed E-state index contributed by atoms with van der Waals surface area (Å²) in [7, 11) is 0. The molecular formula is C13H12ClF3N4O. The van der Waals surface area contributed by atoms with E-state index in [1.54, 1.807) is 24.3 Å². The number of nitrogens with zero attached hydrogens (tertiary/aromatic N) is 2. The zero-order chi connectivity index (χ0) is 16.3. The number of hydrogen-bond donors (Lipinski definition) is 2. The molecule has 0 saturated heterocycles. The van der Waals surface area contributed by atoms with Crippen LogP contribution in [0.15, 0.2) is 30.5 Å². The monoisotopic (exact) mass is 332 g/mol. The van der Waals surface area contributed by atoms with E-state index in [-0.39, 0.29) is 10.8 Å². The normalized spacial score (nSPS) is 11.3. The van der Waals surface area contributed by atoms with E-state index in [0.717, 1.165) is 11.8 Å². The number of anilines is 2. The Morgan fingerprint density at radius 1 is 1.27 bits per heavy atom. The highest BCUT2D eigenvalue weighted by Crippen LogP contribution is 2.23. The molecule has 0 spiro atoms. The van der Waals surface area contributed by atoms with Gasteiger partial charge in [0.15, 0.2) is 5.82 Å². The fourth-order valence-electron chi connectivity index (χ4n) is 1.65. The predicted molar refractivity (Wildman–Crippen MR) is 77.1 cm³/mol. The van der Waals surface area contributed by atoms with Gasteiger partial charge >= 0.3 is 12.2 Å². The molecule has 1 heterocycles. The summed E-state index contributed by atoms with van der Waals surface area (Å²) in [5.74, 6) is -0.143. The van der Waals surface area contributed by atoms with Crippen LogP contribution in [0, 0.1) is 6.92 Å². The molecule has 22 heavy (non-hydrogen) atoms. The van der Waals surface area contributed by atoms with E-state index in [1.807, 2.05) is 6.92 Å². The highest BCUT2D eigenvalue weighted by Gasteiger charge is 2.29. The topological polar surface area (TPSA) is 59.0 Å². The van der Waals surface area contributed by atoms with Crippen molar-refractivity contribution >= 4 is 29.1 Å². The van der Waals surface area contributed by atoms with Crippen molar-refractivity contribution in [3.63, 3.8) is 0 Å². The first-order chi connectivity index (χ1) is 10.2. The number of amides is 2. The number of aromatic nitrogens is 2. The third kappa shape index (κ3) is 4.66. The summed E-state index contributed by atoms with van der Waals surface area (Å²) in [6, 6.07) is 6.35. The second kappa shape index (κ2) is 6.27. The minimum atomic E-state index is -4.42. The van der Waals surface area contributed by atoms with Gasteiger partial charge in [-0.25, -0.2) is 4.79 Å². The molecule has 0 radical (unpaired) electrons. The van der Waals surface area contributed by atoms with Crippen molar-refractivity contribution in [1.29, 1.82) is 0 Å². The molecule has 2 rings (SSSR count). The summed E-state index contributed by atoms with van der Waals surface area (Å²) >= 11 is 5.75. The molecule has 2 amide bonds. The smallest absolute Gasteiger partial charge is 0.308 e. The van der Waals surface area contributed by atoms with Crippen molar-refractivity contribution in [2.75, 3.05) is 10.6 Å². The molecule has 1 aromatic carbocycles. The summed E-state index contributed by atoms with van der Waals surface area (Å²) in [4.78, 5) is 11.8. The van der Waals surface area contributed by atoms with Gasteiger partial charge in [0.25, 0.3) is 0 Å². The SMILES string of the molecule is Cc1ccc(NC(=O)Nc2nn(CC(F)(F)F)cc2Cl)cc1. The van der Waals surface area contributed by atoms with Gasteiger partial charge in [-0.15, -0.1) is 0 Å². The Labute approximate surface area is 129 Å². The first-order valence-corrected chi connectivity index (χ1v) is 6.55. The van der Waals surface area contributed by atoms with Crippen LogP contribution in [0.2, 0.25) is 5.02 Å². The predicted octanol–water partition coefficient (Wildman–Crippen LogP) is 4.05. The molecular weight excluding hydrogens is 321 g/mol. The summed E-state index contributed by atoms with van der Waals surface area (Å²) < 4.78 is 37.4. The van der Waals surface area contributed by atoms with Crippen LogP contribution in [0.1, 0.15) is 5.56 Å². The average Bonchev–Trinajstić information content (AvgIpc) is 2.70. The Hall–Kier alpha value is -2.22. The van der Waals surface area contributed by atoms with Gasteiger partial charge in [-0.2, -0.15) is 18.3 Å². The van der Waals surface area contributed by atoms with Crippen molar-refractivity contribution in [2.45, 2.75) is 19.6 Å². The lowest BCUT2D eigenvalue weighted by molar-refractivity contribution is -0.142. The van der Waals surface area contributed by atoms with Gasteiger partial charge in [-0.1, -0.05) is 29.3 Å². The molecule has 0 fully saturated rings. The van der Waals surface area contributed by atoms with Crippen molar-refractivity contribution in [2.24, 2.45) is 0 Å². The fraction of sp³-hybridized carbons (Fsp3) is 0.231. The van der Waals surface area contributed by atoms with E-state index in [4.69, 9.17) is 11.6 Å². The van der Waals surface area contributed by atoms with Crippen molar-refractivity contribution in [3.8, 4) is 0 Å². The largest absolute Gasteiger partial charge is 0.408 e. The summed E-state index contributed by atoms with van der Waals surface area (Å²) in [6.07, 6.45) is -3.42. The Bertz CT molecular complexity index is 667. The van der Waals surface area contributed by atoms with Gasteiger partial charge < -0.3 is 5.32 Å². The molecule has 2 N–H and O–H groups in total. The van der Waals surface area contributed by atoms with Crippen LogP contribution in [-0.2, 0) is 6.54 Å². The fourth-order valence-corrected chi connectivity index (χ4v) is 1.85. The van der Waals surface area contributed by atoms with Crippen LogP contribution in [0.3, 0.4) is 0 Å². The van der Waals surface area contributed by atoms with E-state index in [0.29, 0.717) is 10.4 Å². The minimum Gasteiger partial charge on any atom is -0.308 e. The van der Waals surface area contributed by atoms with Crippen LogP contribution < -0.4 is 10.6 Å². The molecule has 0 bridgehead atoms. The summed E-state index contributed by atoms with van der Waals surface area (Å²) in [6.45, 7) is 0.616. The molecule has 118 valence electrons. The second-order valence-corrected chi connectivity index (χ2v) is 4.99. The number of aryl methyl sites for hydroxylation is 1. The lowest BCUT2D eigenvalue weighted by Gasteiger charge is -2.07. The first kappa shape index (κ1) is 16.2. The molecule has 5 nitrogen and oxygen atoms in total. The molecule has 9 heteroatoms. The Morgan fingerprint density at radius 2 is 1.91 bits per heavy atom. The maximum atomic E-state index is 12.3. The third-order valence-corrected chi connectivity index (χ3v) is 2.88. The maximum Gasteiger partial charge on any atom is 0.408 e. The summed E-state index contributed by atoms with van der Waals surface area (Å²) in [5, 5.41) is 8.32. The van der Waals surface area contributed by atoms with Gasteiger partial charge in [0.1, 0.15) is 11.6 Å². The maximum absolute atomic E-state index is 12.3. The van der Waals surface area contributed by atoms with E-state index < -0.39 is 18.8 Å². The molecule has 2 aromatic rings. The average molecular weight is 333 g/mol. The molecule has 0 atom stereocenters. The van der Waals surface area contributed by atoms with Gasteiger partial charge in [0, 0.05) is 11.9 Å². The van der Waals surface area contributed by atoms with Gasteiger partial charge in [-0.3, -0.25) is 10.00 Å². The van der Waals surface area contributed by atoms with Crippen LogP contribution in [0.5, 0.6) is 0 Å². The third-order valence-electron chi connectivity index (χ3n) is 2.60. The number of benzene rings is 1. The number of carbonyl (C=O) groups excluding carboxylic acids is 1. The van der Waals surface area contributed by atoms with Crippen molar-refractivity contribution < 1.29 is 18.0 Å². The highest BCUT2D eigenvalue weighted by atomic mass is 35.5. The zero-order valence-corrected chi connectivity index (χ0v) is 12.2. The molecule has 0 aliphatic heterocycles. The number of nitrogens with one attached hydrogen (secondary N) is 2. The Morgan fingerprint density at radius 3 is 2.50 bits per heavy atom. The van der Waals surface area contributed by atoms with Gasteiger partial charge in [0.2, 0.25) is 0 Å². The Kier molecular flexibility index (Phi) is 4.60. The van der Waals surface area contributed by atoms with Crippen LogP contribution in [0.4, 0.5) is 29.5 Å². The van der Waals surface area contributed by atoms with Gasteiger partial charge in [-0.05, 0) is 19.1 Å². The molecule has 0 aliphatic carbocycles. The quantitative estimate of drug-likeness (QED) is 0.890. The van der Waals surface area contributed by atoms with Gasteiger partial charge in [0.05, 0.1) is 0 Å². The second-order valence-electron chi connectivity index (χ2n) is 4.58. The number of carbonyl (C=O) groups is 1. The lowest BCUT2D eigenvalue weighted by Crippen LogP contribution is -2.21. The van der Waals surface area contributed by atoms with E-state index in [9.17, 15) is 18.0 Å². The standard InChI is InChI=1S/C13H12ClF3N4O/c1-8-2-4-9(5-3-8)18-12(22)19-11-10(14)6-21(20-11)7-13(15,16)17/h2-6H,7H2,1H3,(H2,18,19,20,22). The van der Waals surface area contributed by atoms with Crippen LogP contribution in [0.25, 0.3) is 0 Å². The number of alkyl halides is 3. The van der Waals surface area contributed by atoms with E-state index in [1.165, 1.54) is 0 Å². The molecule has 0 saturated carbocycles. The number of halogens is 4. The molecule has 0 aliphatic rings. The summed E-state index contributed by atoms with van der Waals surface area (Å²) in [5.41, 5.74) is 1.56. The number of rotatable bonds is 3. The Balaban J connectivity index is 2.01. The van der Waals surface area contributed by atoms with E-state index >= 15 is 0 Å². The lowest BCUT2D eigenvalue weighted by atomic mass is 10.2. The number of hydrogen-bond acceptors (Lipinski definition) is 2. The van der Waals surface area contributed by atoms with E-state index in [2.05, 4.69) is 15.7 Å².